The molecule has 9 heteroatoms. The smallest absolute Gasteiger partial charge is 0.234 e. The van der Waals surface area contributed by atoms with E-state index in [0.717, 1.165) is 17.3 Å². The summed E-state index contributed by atoms with van der Waals surface area (Å²) in [7, 11) is 3.03. The van der Waals surface area contributed by atoms with Crippen molar-refractivity contribution in [1.29, 1.82) is 10.5 Å². The van der Waals surface area contributed by atoms with Gasteiger partial charge in [-0.2, -0.15) is 10.5 Å². The highest BCUT2D eigenvalue weighted by Gasteiger charge is 2.21. The largest absolute Gasteiger partial charge is 0.497 e. The molecule has 3 rings (SSSR count). The second-order valence-corrected chi connectivity index (χ2v) is 8.79. The van der Waals surface area contributed by atoms with Gasteiger partial charge in [-0.05, 0) is 29.2 Å². The highest BCUT2D eigenvalue weighted by molar-refractivity contribution is 8.00. The fourth-order valence-electron chi connectivity index (χ4n) is 3.46. The molecule has 35 heavy (non-hydrogen) atoms. The SMILES string of the molecule is COc1ccc(OC)c(NC(=O)CSc2nc(N)c(C#N)c(-c3ccc(C(C)C)cc3)c2C#N)c1. The van der Waals surface area contributed by atoms with Gasteiger partial charge in [-0.15, -0.1) is 0 Å². The van der Waals surface area contributed by atoms with Crippen LogP contribution in [0.2, 0.25) is 0 Å². The van der Waals surface area contributed by atoms with Crippen LogP contribution in [-0.2, 0) is 4.79 Å². The number of nitrogen functional groups attached to an aromatic ring is 1. The number of amides is 1. The summed E-state index contributed by atoms with van der Waals surface area (Å²) in [6, 6.07) is 16.9. The van der Waals surface area contributed by atoms with Gasteiger partial charge in [-0.1, -0.05) is 49.9 Å². The molecule has 0 aliphatic heterocycles. The van der Waals surface area contributed by atoms with E-state index in [0.29, 0.717) is 34.2 Å². The highest BCUT2D eigenvalue weighted by atomic mass is 32.2. The van der Waals surface area contributed by atoms with Gasteiger partial charge in [-0.3, -0.25) is 4.79 Å². The zero-order valence-corrected chi connectivity index (χ0v) is 20.7. The molecule has 0 unspecified atom stereocenters. The number of thioether (sulfide) groups is 1. The Balaban J connectivity index is 1.91. The predicted octanol–water partition coefficient (Wildman–Crippen LogP) is 4.95. The average molecular weight is 488 g/mol. The minimum Gasteiger partial charge on any atom is -0.497 e. The zero-order chi connectivity index (χ0) is 25.5. The summed E-state index contributed by atoms with van der Waals surface area (Å²) in [5, 5.41) is 22.7. The maximum Gasteiger partial charge on any atom is 0.234 e. The van der Waals surface area contributed by atoms with Crippen LogP contribution in [0.4, 0.5) is 11.5 Å². The van der Waals surface area contributed by atoms with Crippen molar-refractivity contribution in [3.63, 3.8) is 0 Å². The molecule has 1 amide bonds. The summed E-state index contributed by atoms with van der Waals surface area (Å²) in [6.07, 6.45) is 0. The Hall–Kier alpha value is -4.21. The molecule has 0 spiro atoms. The van der Waals surface area contributed by atoms with Crippen LogP contribution in [0.15, 0.2) is 47.5 Å². The van der Waals surface area contributed by atoms with Gasteiger partial charge in [0.05, 0.1) is 31.2 Å². The summed E-state index contributed by atoms with van der Waals surface area (Å²) < 4.78 is 10.5. The molecule has 3 aromatic rings. The second-order valence-electron chi connectivity index (χ2n) is 7.83. The van der Waals surface area contributed by atoms with E-state index in [2.05, 4.69) is 36.3 Å². The number of nitrogens with two attached hydrogens (primary N) is 1. The lowest BCUT2D eigenvalue weighted by Gasteiger charge is -2.14. The summed E-state index contributed by atoms with van der Waals surface area (Å²) in [6.45, 7) is 4.17. The maximum absolute atomic E-state index is 12.7. The van der Waals surface area contributed by atoms with Gasteiger partial charge in [0.25, 0.3) is 0 Å². The molecule has 1 heterocycles. The first-order valence-corrected chi connectivity index (χ1v) is 11.7. The van der Waals surface area contributed by atoms with E-state index in [9.17, 15) is 15.3 Å². The quantitative estimate of drug-likeness (QED) is 0.426. The van der Waals surface area contributed by atoms with E-state index in [4.69, 9.17) is 15.2 Å². The molecule has 2 aromatic carbocycles. The predicted molar refractivity (Wildman–Crippen MR) is 137 cm³/mol. The number of nitrogens with zero attached hydrogens (tertiary/aromatic N) is 3. The van der Waals surface area contributed by atoms with E-state index in [1.165, 1.54) is 14.2 Å². The topological polar surface area (TPSA) is 134 Å². The van der Waals surface area contributed by atoms with Crippen LogP contribution in [0.1, 0.15) is 36.5 Å². The molecule has 0 aliphatic carbocycles. The van der Waals surface area contributed by atoms with Crippen LogP contribution < -0.4 is 20.5 Å². The van der Waals surface area contributed by atoms with Gasteiger partial charge < -0.3 is 20.5 Å². The van der Waals surface area contributed by atoms with Gasteiger partial charge >= 0.3 is 0 Å². The third-order valence-electron chi connectivity index (χ3n) is 5.30. The van der Waals surface area contributed by atoms with E-state index >= 15 is 0 Å². The molecular weight excluding hydrogens is 462 g/mol. The lowest BCUT2D eigenvalue weighted by atomic mass is 9.94. The molecule has 8 nitrogen and oxygen atoms in total. The van der Waals surface area contributed by atoms with Gasteiger partial charge in [0.15, 0.2) is 0 Å². The van der Waals surface area contributed by atoms with Crippen molar-refractivity contribution in [2.75, 3.05) is 31.0 Å². The maximum atomic E-state index is 12.7. The number of ether oxygens (including phenoxy) is 2. The third-order valence-corrected chi connectivity index (χ3v) is 6.28. The van der Waals surface area contributed by atoms with Crippen molar-refractivity contribution in [2.45, 2.75) is 24.8 Å². The number of nitrogens with one attached hydrogen (secondary N) is 1. The first kappa shape index (κ1) is 25.4. The van der Waals surface area contributed by atoms with Crippen LogP contribution >= 0.6 is 11.8 Å². The Kier molecular flexibility index (Phi) is 8.19. The molecule has 0 atom stereocenters. The summed E-state index contributed by atoms with van der Waals surface area (Å²) in [4.78, 5) is 17.0. The first-order chi connectivity index (χ1) is 16.8. The number of hydrogen-bond acceptors (Lipinski definition) is 8. The Morgan fingerprint density at radius 1 is 1.09 bits per heavy atom. The number of carbonyl (C=O) groups excluding carboxylic acids is 1. The first-order valence-electron chi connectivity index (χ1n) is 10.7. The Morgan fingerprint density at radius 3 is 2.34 bits per heavy atom. The molecule has 0 radical (unpaired) electrons. The van der Waals surface area contributed by atoms with Crippen LogP contribution in [0, 0.1) is 22.7 Å². The fraction of sp³-hybridized carbons (Fsp3) is 0.231. The van der Waals surface area contributed by atoms with Crippen LogP contribution in [0.3, 0.4) is 0 Å². The normalized spacial score (nSPS) is 10.4. The number of aromatic nitrogens is 1. The van der Waals surface area contributed by atoms with E-state index in [1.54, 1.807) is 18.2 Å². The van der Waals surface area contributed by atoms with E-state index in [-0.39, 0.29) is 33.6 Å². The lowest BCUT2D eigenvalue weighted by molar-refractivity contribution is -0.113. The zero-order valence-electron chi connectivity index (χ0n) is 19.9. The number of pyridine rings is 1. The Bertz CT molecular complexity index is 1320. The minimum absolute atomic E-state index is 0.00630. The van der Waals surface area contributed by atoms with Crippen LogP contribution in [0.25, 0.3) is 11.1 Å². The van der Waals surface area contributed by atoms with Gasteiger partial charge in [0.1, 0.15) is 40.0 Å². The molecule has 0 bridgehead atoms. The van der Waals surface area contributed by atoms with Crippen molar-refractivity contribution in [2.24, 2.45) is 0 Å². The van der Waals surface area contributed by atoms with Gasteiger partial charge in [0.2, 0.25) is 5.91 Å². The third kappa shape index (κ3) is 5.65. The molecule has 0 fully saturated rings. The molecule has 0 saturated carbocycles. The van der Waals surface area contributed by atoms with Crippen molar-refractivity contribution in [3.05, 3.63) is 59.2 Å². The second kappa shape index (κ2) is 11.3. The van der Waals surface area contributed by atoms with Crippen molar-refractivity contribution >= 4 is 29.2 Å². The molecule has 3 N–H and O–H groups in total. The van der Waals surface area contributed by atoms with E-state index < -0.39 is 0 Å². The fourth-order valence-corrected chi connectivity index (χ4v) is 4.25. The summed E-state index contributed by atoms with van der Waals surface area (Å²) >= 11 is 1.07. The van der Waals surface area contributed by atoms with Crippen LogP contribution in [0.5, 0.6) is 11.5 Å². The Morgan fingerprint density at radius 2 is 1.77 bits per heavy atom. The lowest BCUT2D eigenvalue weighted by Crippen LogP contribution is -2.15. The number of anilines is 2. The molecule has 1 aromatic heterocycles. The molecule has 178 valence electrons. The standard InChI is InChI=1S/C26H25N5O3S/c1-15(2)16-5-7-17(8-6-16)24-19(12-27)25(29)31-26(20(24)13-28)35-14-23(32)30-21-11-18(33-3)9-10-22(21)34-4/h5-11,15H,14H2,1-4H3,(H2,29,31)(H,30,32). The molecule has 0 aliphatic rings. The Labute approximate surface area is 208 Å². The van der Waals surface area contributed by atoms with Crippen LogP contribution in [-0.4, -0.2) is 30.9 Å². The number of methoxy groups -OCH3 is 2. The summed E-state index contributed by atoms with van der Waals surface area (Å²) in [5.74, 6) is 1.01. The monoisotopic (exact) mass is 487 g/mol. The van der Waals surface area contributed by atoms with Crippen molar-refractivity contribution < 1.29 is 14.3 Å². The number of carbonyl (C=O) groups is 1. The number of nitriles is 2. The number of hydrogen-bond donors (Lipinski definition) is 2. The van der Waals surface area contributed by atoms with E-state index in [1.807, 2.05) is 24.3 Å². The number of benzene rings is 2. The minimum atomic E-state index is -0.335. The van der Waals surface area contributed by atoms with Crippen molar-refractivity contribution in [1.82, 2.24) is 4.98 Å². The average Bonchev–Trinajstić information content (AvgIpc) is 2.86. The molecular formula is C26H25N5O3S. The highest BCUT2D eigenvalue weighted by Crippen LogP contribution is 2.36. The van der Waals surface area contributed by atoms with Crippen molar-refractivity contribution in [3.8, 4) is 34.8 Å². The van der Waals surface area contributed by atoms with Gasteiger partial charge in [0, 0.05) is 11.6 Å². The van der Waals surface area contributed by atoms with Gasteiger partial charge in [-0.25, -0.2) is 4.98 Å². The molecule has 0 saturated heterocycles. The summed E-state index contributed by atoms with van der Waals surface area (Å²) in [5.41, 5.74) is 9.10. The number of rotatable bonds is 8.